The number of rotatable bonds is 1. The maximum atomic E-state index is 4.72. The highest BCUT2D eigenvalue weighted by atomic mass is 15.2. The van der Waals surface area contributed by atoms with Gasteiger partial charge in [0.1, 0.15) is 5.82 Å². The molecule has 1 aliphatic rings. The Hall–Kier alpha value is -2.36. The summed E-state index contributed by atoms with van der Waals surface area (Å²) >= 11 is 0. The molecule has 4 nitrogen and oxygen atoms in total. The SMILES string of the molecule is CCc1ncc2c(n1)-n1c(cc3ccccc31)C(C)N2. The van der Waals surface area contributed by atoms with Gasteiger partial charge in [-0.1, -0.05) is 25.1 Å². The maximum Gasteiger partial charge on any atom is 0.164 e. The van der Waals surface area contributed by atoms with Gasteiger partial charge in [-0.15, -0.1) is 0 Å². The first-order chi connectivity index (χ1) is 9.78. The third kappa shape index (κ3) is 1.48. The van der Waals surface area contributed by atoms with Gasteiger partial charge < -0.3 is 5.32 Å². The molecule has 0 fully saturated rings. The fourth-order valence-corrected chi connectivity index (χ4v) is 2.89. The normalized spacial score (nSPS) is 16.6. The van der Waals surface area contributed by atoms with Crippen LogP contribution in [0.1, 0.15) is 31.4 Å². The van der Waals surface area contributed by atoms with Crippen LogP contribution in [-0.2, 0) is 6.42 Å². The van der Waals surface area contributed by atoms with Crippen LogP contribution in [0.2, 0.25) is 0 Å². The van der Waals surface area contributed by atoms with Crippen molar-refractivity contribution in [2.45, 2.75) is 26.3 Å². The van der Waals surface area contributed by atoms with E-state index < -0.39 is 0 Å². The fraction of sp³-hybridized carbons (Fsp3) is 0.250. The first-order valence-corrected chi connectivity index (χ1v) is 7.01. The number of nitrogens with one attached hydrogen (secondary N) is 1. The van der Waals surface area contributed by atoms with Gasteiger partial charge in [-0.25, -0.2) is 9.97 Å². The highest BCUT2D eigenvalue weighted by Crippen LogP contribution is 2.36. The van der Waals surface area contributed by atoms with Crippen molar-refractivity contribution in [2.75, 3.05) is 5.32 Å². The largest absolute Gasteiger partial charge is 0.373 e. The van der Waals surface area contributed by atoms with Crippen LogP contribution in [0.5, 0.6) is 0 Å². The van der Waals surface area contributed by atoms with Crippen molar-refractivity contribution >= 4 is 16.6 Å². The van der Waals surface area contributed by atoms with Crippen LogP contribution in [0.4, 0.5) is 5.69 Å². The summed E-state index contributed by atoms with van der Waals surface area (Å²) in [4.78, 5) is 9.11. The molecule has 100 valence electrons. The number of nitrogens with zero attached hydrogens (tertiary/aromatic N) is 3. The lowest BCUT2D eigenvalue weighted by atomic mass is 10.2. The van der Waals surface area contributed by atoms with E-state index in [-0.39, 0.29) is 6.04 Å². The quantitative estimate of drug-likeness (QED) is 0.732. The Morgan fingerprint density at radius 3 is 3.00 bits per heavy atom. The Kier molecular flexibility index (Phi) is 2.33. The van der Waals surface area contributed by atoms with Gasteiger partial charge >= 0.3 is 0 Å². The van der Waals surface area contributed by atoms with Crippen molar-refractivity contribution in [3.63, 3.8) is 0 Å². The van der Waals surface area contributed by atoms with Gasteiger partial charge in [0.05, 0.1) is 23.4 Å². The monoisotopic (exact) mass is 264 g/mol. The Balaban J connectivity index is 2.08. The molecule has 4 heteroatoms. The number of hydrogen-bond donors (Lipinski definition) is 1. The van der Waals surface area contributed by atoms with Gasteiger partial charge in [0.25, 0.3) is 0 Å². The molecule has 0 spiro atoms. The minimum Gasteiger partial charge on any atom is -0.373 e. The maximum absolute atomic E-state index is 4.72. The molecule has 0 saturated carbocycles. The summed E-state index contributed by atoms with van der Waals surface area (Å²) in [7, 11) is 0. The lowest BCUT2D eigenvalue weighted by Crippen LogP contribution is -2.21. The summed E-state index contributed by atoms with van der Waals surface area (Å²) < 4.78 is 2.26. The zero-order chi connectivity index (χ0) is 13.7. The van der Waals surface area contributed by atoms with Crippen molar-refractivity contribution in [1.82, 2.24) is 14.5 Å². The van der Waals surface area contributed by atoms with Crippen LogP contribution in [0.25, 0.3) is 16.7 Å². The van der Waals surface area contributed by atoms with Crippen molar-refractivity contribution < 1.29 is 0 Å². The molecule has 0 amide bonds. The van der Waals surface area contributed by atoms with Crippen LogP contribution in [0, 0.1) is 0 Å². The van der Waals surface area contributed by atoms with E-state index in [1.54, 1.807) is 0 Å². The van der Waals surface area contributed by atoms with Gasteiger partial charge in [0, 0.05) is 17.5 Å². The van der Waals surface area contributed by atoms with E-state index in [4.69, 9.17) is 4.98 Å². The molecule has 1 aliphatic heterocycles. The molecule has 1 aromatic carbocycles. The molecule has 0 radical (unpaired) electrons. The molecule has 2 aromatic heterocycles. The molecule has 0 bridgehead atoms. The molecule has 20 heavy (non-hydrogen) atoms. The number of para-hydroxylation sites is 1. The number of fused-ring (bicyclic) bond motifs is 5. The van der Waals surface area contributed by atoms with E-state index >= 15 is 0 Å². The lowest BCUT2D eigenvalue weighted by Gasteiger charge is -2.26. The molecule has 1 unspecified atom stereocenters. The summed E-state index contributed by atoms with van der Waals surface area (Å²) in [6, 6.07) is 10.9. The van der Waals surface area contributed by atoms with E-state index in [2.05, 4.69) is 59.0 Å². The van der Waals surface area contributed by atoms with Crippen LogP contribution >= 0.6 is 0 Å². The fourth-order valence-electron chi connectivity index (χ4n) is 2.89. The van der Waals surface area contributed by atoms with Crippen molar-refractivity contribution in [2.24, 2.45) is 0 Å². The summed E-state index contributed by atoms with van der Waals surface area (Å²) in [5, 5.41) is 4.73. The second kappa shape index (κ2) is 4.07. The van der Waals surface area contributed by atoms with Gasteiger partial charge in [0.2, 0.25) is 0 Å². The number of benzene rings is 1. The Morgan fingerprint density at radius 2 is 2.15 bits per heavy atom. The first-order valence-electron chi connectivity index (χ1n) is 7.01. The minimum atomic E-state index is 0.256. The molecule has 4 rings (SSSR count). The second-order valence-electron chi connectivity index (χ2n) is 5.21. The third-order valence-electron chi connectivity index (χ3n) is 3.90. The topological polar surface area (TPSA) is 42.7 Å². The molecule has 3 heterocycles. The van der Waals surface area contributed by atoms with Gasteiger partial charge in [0.15, 0.2) is 5.82 Å². The number of anilines is 1. The van der Waals surface area contributed by atoms with Gasteiger partial charge in [-0.05, 0) is 19.1 Å². The molecule has 1 atom stereocenters. The number of aromatic nitrogens is 3. The van der Waals surface area contributed by atoms with E-state index in [1.807, 2.05) is 6.20 Å². The highest BCUT2D eigenvalue weighted by molar-refractivity contribution is 5.85. The zero-order valence-electron chi connectivity index (χ0n) is 11.6. The van der Waals surface area contributed by atoms with E-state index in [1.165, 1.54) is 16.6 Å². The number of aryl methyl sites for hydroxylation is 1. The summed E-state index contributed by atoms with van der Waals surface area (Å²) in [5.41, 5.74) is 3.46. The minimum absolute atomic E-state index is 0.256. The van der Waals surface area contributed by atoms with Crippen molar-refractivity contribution in [1.29, 1.82) is 0 Å². The van der Waals surface area contributed by atoms with Crippen LogP contribution in [0.15, 0.2) is 36.5 Å². The average Bonchev–Trinajstić information content (AvgIpc) is 2.87. The van der Waals surface area contributed by atoms with Crippen molar-refractivity contribution in [3.05, 3.63) is 48.0 Å². The van der Waals surface area contributed by atoms with Gasteiger partial charge in [-0.3, -0.25) is 4.57 Å². The van der Waals surface area contributed by atoms with E-state index in [9.17, 15) is 0 Å². The Labute approximate surface area is 117 Å². The smallest absolute Gasteiger partial charge is 0.164 e. The third-order valence-corrected chi connectivity index (χ3v) is 3.90. The van der Waals surface area contributed by atoms with Gasteiger partial charge in [-0.2, -0.15) is 0 Å². The van der Waals surface area contributed by atoms with Crippen molar-refractivity contribution in [3.8, 4) is 5.82 Å². The standard InChI is InChI=1S/C16H16N4/c1-3-15-17-9-12-16(19-15)20-13-7-5-4-6-11(13)8-14(20)10(2)18-12/h4-10,18H,3H2,1-2H3. The predicted molar refractivity (Wildman–Crippen MR) is 80.3 cm³/mol. The molecular formula is C16H16N4. The highest BCUT2D eigenvalue weighted by Gasteiger charge is 2.24. The number of hydrogen-bond acceptors (Lipinski definition) is 3. The molecule has 0 aliphatic carbocycles. The Bertz CT molecular complexity index is 803. The molecule has 3 aromatic rings. The molecule has 0 saturated heterocycles. The Morgan fingerprint density at radius 1 is 1.30 bits per heavy atom. The van der Waals surface area contributed by atoms with Crippen LogP contribution < -0.4 is 5.32 Å². The second-order valence-corrected chi connectivity index (χ2v) is 5.21. The van der Waals surface area contributed by atoms with Crippen LogP contribution in [0.3, 0.4) is 0 Å². The summed E-state index contributed by atoms with van der Waals surface area (Å²) in [6.07, 6.45) is 2.74. The van der Waals surface area contributed by atoms with E-state index in [0.717, 1.165) is 23.8 Å². The zero-order valence-corrected chi connectivity index (χ0v) is 11.6. The van der Waals surface area contributed by atoms with E-state index in [0.29, 0.717) is 0 Å². The van der Waals surface area contributed by atoms with Crippen LogP contribution in [-0.4, -0.2) is 14.5 Å². The first kappa shape index (κ1) is 11.5. The molecule has 1 N–H and O–H groups in total. The molecular weight excluding hydrogens is 248 g/mol. The lowest BCUT2D eigenvalue weighted by molar-refractivity contribution is 0.755. The summed E-state index contributed by atoms with van der Waals surface area (Å²) in [6.45, 7) is 4.25. The average molecular weight is 264 g/mol. The summed E-state index contributed by atoms with van der Waals surface area (Å²) in [5.74, 6) is 1.84. The predicted octanol–water partition coefficient (Wildman–Crippen LogP) is 3.47.